The summed E-state index contributed by atoms with van der Waals surface area (Å²) in [5.74, 6) is 2.32. The van der Waals surface area contributed by atoms with Gasteiger partial charge in [0.2, 0.25) is 0 Å². The summed E-state index contributed by atoms with van der Waals surface area (Å²) >= 11 is 0. The Hall–Kier alpha value is -1.71. The molecule has 4 heteroatoms. The molecule has 0 saturated carbocycles. The van der Waals surface area contributed by atoms with Gasteiger partial charge in [-0.05, 0) is 36.5 Å². The number of carbonyl (C=O) groups is 1. The van der Waals surface area contributed by atoms with Gasteiger partial charge in [-0.1, -0.05) is 27.7 Å². The Morgan fingerprint density at radius 2 is 1.82 bits per heavy atom. The van der Waals surface area contributed by atoms with E-state index in [9.17, 15) is 4.79 Å². The van der Waals surface area contributed by atoms with E-state index < -0.39 is 0 Å². The van der Waals surface area contributed by atoms with E-state index in [4.69, 9.17) is 9.47 Å². The van der Waals surface area contributed by atoms with Crippen LogP contribution in [-0.4, -0.2) is 38.1 Å². The molecule has 0 aliphatic carbocycles. The zero-order valence-corrected chi connectivity index (χ0v) is 14.7. The maximum absolute atomic E-state index is 12.4. The quantitative estimate of drug-likeness (QED) is 0.732. The van der Waals surface area contributed by atoms with Crippen molar-refractivity contribution in [2.45, 2.75) is 34.1 Å². The monoisotopic (exact) mass is 307 g/mol. The highest BCUT2D eigenvalue weighted by molar-refractivity contribution is 5.94. The lowest BCUT2D eigenvalue weighted by Crippen LogP contribution is -2.30. The molecule has 0 spiro atoms. The molecule has 0 bridgehead atoms. The molecule has 1 aromatic rings. The summed E-state index contributed by atoms with van der Waals surface area (Å²) < 4.78 is 11.1. The second-order valence-electron chi connectivity index (χ2n) is 6.48. The van der Waals surface area contributed by atoms with Crippen molar-refractivity contribution in [3.8, 4) is 11.5 Å². The first-order chi connectivity index (χ1) is 10.3. The van der Waals surface area contributed by atoms with E-state index in [1.165, 1.54) is 0 Å². The van der Waals surface area contributed by atoms with Crippen molar-refractivity contribution < 1.29 is 14.3 Å². The molecular formula is C18H29NO3. The van der Waals surface area contributed by atoms with Crippen molar-refractivity contribution >= 4 is 5.91 Å². The van der Waals surface area contributed by atoms with Crippen molar-refractivity contribution in [1.29, 1.82) is 0 Å². The van der Waals surface area contributed by atoms with Crippen LogP contribution in [0.15, 0.2) is 18.2 Å². The second-order valence-corrected chi connectivity index (χ2v) is 6.48. The van der Waals surface area contributed by atoms with E-state index >= 15 is 0 Å². The largest absolute Gasteiger partial charge is 0.493 e. The van der Waals surface area contributed by atoms with Crippen LogP contribution in [0.3, 0.4) is 0 Å². The molecule has 1 amide bonds. The summed E-state index contributed by atoms with van der Waals surface area (Å²) in [6.07, 6.45) is 0.987. The van der Waals surface area contributed by atoms with Crippen LogP contribution in [-0.2, 0) is 0 Å². The molecule has 0 N–H and O–H groups in total. The Kier molecular flexibility index (Phi) is 7.22. The molecule has 0 unspecified atom stereocenters. The van der Waals surface area contributed by atoms with Gasteiger partial charge in [0.05, 0.1) is 13.7 Å². The molecule has 0 radical (unpaired) electrons. The molecule has 0 aromatic heterocycles. The van der Waals surface area contributed by atoms with Gasteiger partial charge < -0.3 is 14.4 Å². The predicted octanol–water partition coefficient (Wildman–Crippen LogP) is 3.85. The predicted molar refractivity (Wildman–Crippen MR) is 89.7 cm³/mol. The fraction of sp³-hybridized carbons (Fsp3) is 0.611. The third-order valence-electron chi connectivity index (χ3n) is 3.35. The molecule has 0 fully saturated rings. The molecule has 1 aromatic carbocycles. The van der Waals surface area contributed by atoms with Crippen molar-refractivity contribution in [1.82, 2.24) is 4.90 Å². The maximum atomic E-state index is 12.4. The first-order valence-electron chi connectivity index (χ1n) is 7.91. The zero-order chi connectivity index (χ0) is 16.7. The first kappa shape index (κ1) is 18.3. The van der Waals surface area contributed by atoms with Gasteiger partial charge in [-0.15, -0.1) is 0 Å². The number of rotatable bonds is 8. The van der Waals surface area contributed by atoms with E-state index in [1.54, 1.807) is 24.1 Å². The highest BCUT2D eigenvalue weighted by atomic mass is 16.5. The number of ether oxygens (including phenoxy) is 2. The lowest BCUT2D eigenvalue weighted by Gasteiger charge is -2.20. The molecule has 4 nitrogen and oxygen atoms in total. The Labute approximate surface area is 134 Å². The standard InChI is InChI=1S/C18H29NO3/c1-13(2)9-10-22-16-8-7-15(11-17(16)21-6)18(20)19(5)12-14(3)4/h7-8,11,13-14H,9-10,12H2,1-6H3. The van der Waals surface area contributed by atoms with Crippen LogP contribution < -0.4 is 9.47 Å². The average molecular weight is 307 g/mol. The smallest absolute Gasteiger partial charge is 0.253 e. The number of benzene rings is 1. The van der Waals surface area contributed by atoms with Crippen LogP contribution in [0.25, 0.3) is 0 Å². The highest BCUT2D eigenvalue weighted by Crippen LogP contribution is 2.29. The van der Waals surface area contributed by atoms with Gasteiger partial charge in [-0.25, -0.2) is 0 Å². The maximum Gasteiger partial charge on any atom is 0.253 e. The van der Waals surface area contributed by atoms with Crippen LogP contribution in [0.2, 0.25) is 0 Å². The molecule has 0 aliphatic heterocycles. The minimum Gasteiger partial charge on any atom is -0.493 e. The van der Waals surface area contributed by atoms with Crippen LogP contribution in [0.1, 0.15) is 44.5 Å². The van der Waals surface area contributed by atoms with Gasteiger partial charge in [-0.2, -0.15) is 0 Å². The van der Waals surface area contributed by atoms with Crippen LogP contribution in [0.5, 0.6) is 11.5 Å². The fourth-order valence-corrected chi connectivity index (χ4v) is 2.18. The van der Waals surface area contributed by atoms with E-state index in [0.717, 1.165) is 13.0 Å². The minimum absolute atomic E-state index is 0.000676. The van der Waals surface area contributed by atoms with Crippen LogP contribution in [0.4, 0.5) is 0 Å². The van der Waals surface area contributed by atoms with Gasteiger partial charge in [0, 0.05) is 19.2 Å². The number of methoxy groups -OCH3 is 1. The number of hydrogen-bond acceptors (Lipinski definition) is 3. The van der Waals surface area contributed by atoms with E-state index in [-0.39, 0.29) is 5.91 Å². The summed E-state index contributed by atoms with van der Waals surface area (Å²) in [6, 6.07) is 5.37. The summed E-state index contributed by atoms with van der Waals surface area (Å²) in [5.41, 5.74) is 0.621. The van der Waals surface area contributed by atoms with Gasteiger partial charge in [0.25, 0.3) is 5.91 Å². The molecule has 0 saturated heterocycles. The highest BCUT2D eigenvalue weighted by Gasteiger charge is 2.15. The summed E-state index contributed by atoms with van der Waals surface area (Å²) in [6.45, 7) is 9.88. The van der Waals surface area contributed by atoms with Gasteiger partial charge in [0.15, 0.2) is 11.5 Å². The zero-order valence-electron chi connectivity index (χ0n) is 14.7. The lowest BCUT2D eigenvalue weighted by atomic mass is 10.1. The topological polar surface area (TPSA) is 38.8 Å². The van der Waals surface area contributed by atoms with Crippen molar-refractivity contribution in [3.05, 3.63) is 23.8 Å². The number of carbonyl (C=O) groups excluding carboxylic acids is 1. The van der Waals surface area contributed by atoms with Crippen LogP contribution >= 0.6 is 0 Å². The van der Waals surface area contributed by atoms with E-state index in [1.807, 2.05) is 13.1 Å². The Morgan fingerprint density at radius 3 is 2.36 bits per heavy atom. The molecule has 0 aliphatic rings. The third-order valence-corrected chi connectivity index (χ3v) is 3.35. The lowest BCUT2D eigenvalue weighted by molar-refractivity contribution is 0.0778. The average Bonchev–Trinajstić information content (AvgIpc) is 2.45. The van der Waals surface area contributed by atoms with E-state index in [0.29, 0.717) is 35.5 Å². The normalized spacial score (nSPS) is 10.9. The number of nitrogens with zero attached hydrogens (tertiary/aromatic N) is 1. The summed E-state index contributed by atoms with van der Waals surface area (Å²) in [4.78, 5) is 14.1. The molecule has 124 valence electrons. The molecule has 22 heavy (non-hydrogen) atoms. The molecule has 0 heterocycles. The minimum atomic E-state index is 0.000676. The summed E-state index contributed by atoms with van der Waals surface area (Å²) in [5, 5.41) is 0. The third kappa shape index (κ3) is 5.58. The van der Waals surface area contributed by atoms with E-state index in [2.05, 4.69) is 27.7 Å². The fourth-order valence-electron chi connectivity index (χ4n) is 2.18. The molecular weight excluding hydrogens is 278 g/mol. The van der Waals surface area contributed by atoms with Crippen LogP contribution in [0, 0.1) is 11.8 Å². The van der Waals surface area contributed by atoms with Gasteiger partial charge in [-0.3, -0.25) is 4.79 Å². The van der Waals surface area contributed by atoms with Gasteiger partial charge in [0.1, 0.15) is 0 Å². The Morgan fingerprint density at radius 1 is 1.14 bits per heavy atom. The Balaban J connectivity index is 2.81. The molecule has 0 atom stereocenters. The Bertz CT molecular complexity index is 483. The molecule has 1 rings (SSSR count). The van der Waals surface area contributed by atoms with Gasteiger partial charge >= 0.3 is 0 Å². The SMILES string of the molecule is COc1cc(C(=O)N(C)CC(C)C)ccc1OCCC(C)C. The van der Waals surface area contributed by atoms with Crippen molar-refractivity contribution in [3.63, 3.8) is 0 Å². The number of hydrogen-bond donors (Lipinski definition) is 0. The second kappa shape index (κ2) is 8.66. The number of amides is 1. The van der Waals surface area contributed by atoms with Crippen molar-refractivity contribution in [2.75, 3.05) is 27.3 Å². The first-order valence-corrected chi connectivity index (χ1v) is 7.91. The van der Waals surface area contributed by atoms with Crippen molar-refractivity contribution in [2.24, 2.45) is 11.8 Å². The summed E-state index contributed by atoms with van der Waals surface area (Å²) in [7, 11) is 3.42.